The van der Waals surface area contributed by atoms with Gasteiger partial charge in [-0.15, -0.1) is 0 Å². The predicted octanol–water partition coefficient (Wildman–Crippen LogP) is 1.13. The van der Waals surface area contributed by atoms with Crippen molar-refractivity contribution in [1.29, 1.82) is 0 Å². The number of hydrogen-bond acceptors (Lipinski definition) is 3. The highest BCUT2D eigenvalue weighted by Crippen LogP contribution is 2.13. The molecule has 0 bridgehead atoms. The molecule has 3 nitrogen and oxygen atoms in total. The van der Waals surface area contributed by atoms with Gasteiger partial charge in [0.15, 0.2) is 0 Å². The molecular formula is C13H19NO2. The molecule has 1 N–H and O–H groups in total. The number of aliphatic hydroxyl groups excluding tert-OH is 1. The van der Waals surface area contributed by atoms with Crippen molar-refractivity contribution in [3.63, 3.8) is 0 Å². The number of ether oxygens (including phenoxy) is 1. The van der Waals surface area contributed by atoms with E-state index in [4.69, 9.17) is 9.84 Å². The molecule has 0 aliphatic carbocycles. The summed E-state index contributed by atoms with van der Waals surface area (Å²) in [6.07, 6.45) is 0. The van der Waals surface area contributed by atoms with Crippen LogP contribution in [-0.4, -0.2) is 42.9 Å². The summed E-state index contributed by atoms with van der Waals surface area (Å²) >= 11 is 0. The number of benzene rings is 1. The fourth-order valence-electron chi connectivity index (χ4n) is 1.93. The number of aliphatic hydroxyl groups is 1. The molecule has 1 heterocycles. The van der Waals surface area contributed by atoms with Gasteiger partial charge in [-0.3, -0.25) is 0 Å². The Morgan fingerprint density at radius 3 is 2.69 bits per heavy atom. The predicted molar refractivity (Wildman–Crippen MR) is 63.1 cm³/mol. The van der Waals surface area contributed by atoms with Crippen molar-refractivity contribution in [3.05, 3.63) is 35.9 Å². The lowest BCUT2D eigenvalue weighted by Crippen LogP contribution is -2.49. The molecule has 0 saturated carbocycles. The zero-order chi connectivity index (χ0) is 11.2. The Bertz CT molecular complexity index is 296. The maximum Gasteiger partial charge on any atom is 0.0717 e. The average Bonchev–Trinajstić information content (AvgIpc) is 2.28. The van der Waals surface area contributed by atoms with Crippen LogP contribution < -0.4 is 0 Å². The van der Waals surface area contributed by atoms with Crippen LogP contribution in [0.25, 0.3) is 0 Å². The van der Waals surface area contributed by atoms with E-state index in [1.54, 1.807) is 0 Å². The monoisotopic (exact) mass is 221 g/mol. The highest BCUT2D eigenvalue weighted by atomic mass is 16.5. The summed E-state index contributed by atoms with van der Waals surface area (Å²) in [7, 11) is 0. The first-order valence-electron chi connectivity index (χ1n) is 5.83. The van der Waals surface area contributed by atoms with Gasteiger partial charge in [0.1, 0.15) is 0 Å². The number of rotatable bonds is 6. The lowest BCUT2D eigenvalue weighted by molar-refractivity contribution is 0.0206. The number of hydrogen-bond donors (Lipinski definition) is 1. The summed E-state index contributed by atoms with van der Waals surface area (Å²) in [5.41, 5.74) is 1.22. The van der Waals surface area contributed by atoms with Crippen molar-refractivity contribution in [1.82, 2.24) is 4.90 Å². The van der Waals surface area contributed by atoms with Crippen molar-refractivity contribution >= 4 is 0 Å². The van der Waals surface area contributed by atoms with Gasteiger partial charge in [-0.2, -0.15) is 0 Å². The molecule has 1 aromatic rings. The molecule has 16 heavy (non-hydrogen) atoms. The molecule has 0 amide bonds. The van der Waals surface area contributed by atoms with Crippen LogP contribution in [-0.2, 0) is 11.3 Å². The van der Waals surface area contributed by atoms with E-state index in [1.807, 2.05) is 18.2 Å². The third-order valence-corrected chi connectivity index (χ3v) is 2.95. The van der Waals surface area contributed by atoms with Crippen molar-refractivity contribution < 1.29 is 9.84 Å². The van der Waals surface area contributed by atoms with E-state index in [2.05, 4.69) is 17.0 Å². The Morgan fingerprint density at radius 2 is 2.00 bits per heavy atom. The molecule has 1 aliphatic heterocycles. The van der Waals surface area contributed by atoms with E-state index < -0.39 is 0 Å². The van der Waals surface area contributed by atoms with Crippen LogP contribution in [0, 0.1) is 5.92 Å². The van der Waals surface area contributed by atoms with Crippen molar-refractivity contribution in [3.8, 4) is 0 Å². The Hall–Kier alpha value is -0.900. The van der Waals surface area contributed by atoms with E-state index >= 15 is 0 Å². The van der Waals surface area contributed by atoms with Crippen LogP contribution in [0.3, 0.4) is 0 Å². The minimum Gasteiger partial charge on any atom is -0.396 e. The summed E-state index contributed by atoms with van der Waals surface area (Å²) in [6, 6.07) is 10.2. The molecule has 3 heteroatoms. The highest BCUT2D eigenvalue weighted by molar-refractivity contribution is 5.13. The van der Waals surface area contributed by atoms with Crippen LogP contribution in [0.1, 0.15) is 5.56 Å². The quantitative estimate of drug-likeness (QED) is 0.731. The molecule has 0 spiro atoms. The first-order valence-corrected chi connectivity index (χ1v) is 5.83. The molecule has 1 fully saturated rings. The highest BCUT2D eigenvalue weighted by Gasteiger charge is 2.24. The minimum absolute atomic E-state index is 0.321. The zero-order valence-corrected chi connectivity index (χ0v) is 9.51. The fraction of sp³-hybridized carbons (Fsp3) is 0.538. The largest absolute Gasteiger partial charge is 0.396 e. The van der Waals surface area contributed by atoms with Crippen LogP contribution >= 0.6 is 0 Å². The summed E-state index contributed by atoms with van der Waals surface area (Å²) < 4.78 is 5.59. The van der Waals surface area contributed by atoms with Gasteiger partial charge in [0.25, 0.3) is 0 Å². The molecule has 0 unspecified atom stereocenters. The normalized spacial score (nSPS) is 17.3. The van der Waals surface area contributed by atoms with Gasteiger partial charge in [0, 0.05) is 32.2 Å². The molecule has 0 aromatic heterocycles. The van der Waals surface area contributed by atoms with Gasteiger partial charge < -0.3 is 14.7 Å². The maximum absolute atomic E-state index is 8.87. The van der Waals surface area contributed by atoms with Gasteiger partial charge in [-0.25, -0.2) is 0 Å². The van der Waals surface area contributed by atoms with Crippen LogP contribution in [0.4, 0.5) is 0 Å². The lowest BCUT2D eigenvalue weighted by atomic mass is 10.0. The second kappa shape index (κ2) is 5.99. The van der Waals surface area contributed by atoms with Gasteiger partial charge in [0.2, 0.25) is 0 Å². The zero-order valence-electron chi connectivity index (χ0n) is 9.51. The third-order valence-electron chi connectivity index (χ3n) is 2.95. The van der Waals surface area contributed by atoms with Crippen LogP contribution in [0.15, 0.2) is 30.3 Å². The van der Waals surface area contributed by atoms with E-state index in [-0.39, 0.29) is 0 Å². The lowest BCUT2D eigenvalue weighted by Gasteiger charge is -2.38. The average molecular weight is 221 g/mol. The van der Waals surface area contributed by atoms with Gasteiger partial charge >= 0.3 is 0 Å². The van der Waals surface area contributed by atoms with Gasteiger partial charge in [0.05, 0.1) is 13.2 Å². The smallest absolute Gasteiger partial charge is 0.0717 e. The first-order chi connectivity index (χ1) is 7.88. The van der Waals surface area contributed by atoms with Gasteiger partial charge in [-0.05, 0) is 5.56 Å². The molecular weight excluding hydrogens is 202 g/mol. The summed E-state index contributed by atoms with van der Waals surface area (Å²) in [5.74, 6) is 0.495. The second-order valence-corrected chi connectivity index (χ2v) is 4.35. The fourth-order valence-corrected chi connectivity index (χ4v) is 1.93. The standard InChI is InChI=1S/C13H19NO2/c15-10-13-8-14(9-13)6-7-16-11-12-4-2-1-3-5-12/h1-5,13,15H,6-11H2. The maximum atomic E-state index is 8.87. The van der Waals surface area contributed by atoms with Crippen LogP contribution in [0.2, 0.25) is 0 Å². The van der Waals surface area contributed by atoms with Crippen molar-refractivity contribution in [2.24, 2.45) is 5.92 Å². The molecule has 88 valence electrons. The molecule has 0 radical (unpaired) electrons. The second-order valence-electron chi connectivity index (χ2n) is 4.35. The van der Waals surface area contributed by atoms with E-state index in [0.29, 0.717) is 19.1 Å². The molecule has 1 aliphatic rings. The molecule has 1 aromatic carbocycles. The summed E-state index contributed by atoms with van der Waals surface area (Å²) in [6.45, 7) is 4.80. The SMILES string of the molecule is OCC1CN(CCOCc2ccccc2)C1. The molecule has 0 atom stereocenters. The van der Waals surface area contributed by atoms with Gasteiger partial charge in [-0.1, -0.05) is 30.3 Å². The third kappa shape index (κ3) is 3.30. The number of nitrogens with zero attached hydrogens (tertiary/aromatic N) is 1. The molecule has 1 saturated heterocycles. The first kappa shape index (κ1) is 11.6. The topological polar surface area (TPSA) is 32.7 Å². The molecule has 2 rings (SSSR count). The number of likely N-dealkylation sites (tertiary alicyclic amines) is 1. The Labute approximate surface area is 96.6 Å². The summed E-state index contributed by atoms with van der Waals surface area (Å²) in [5, 5.41) is 8.87. The van der Waals surface area contributed by atoms with Crippen molar-refractivity contribution in [2.75, 3.05) is 32.8 Å². The minimum atomic E-state index is 0.321. The Balaban J connectivity index is 1.53. The van der Waals surface area contributed by atoms with E-state index in [1.165, 1.54) is 5.56 Å². The van der Waals surface area contributed by atoms with Crippen molar-refractivity contribution in [2.45, 2.75) is 6.61 Å². The van der Waals surface area contributed by atoms with E-state index in [9.17, 15) is 0 Å². The van der Waals surface area contributed by atoms with Crippen LogP contribution in [0.5, 0.6) is 0 Å². The Kier molecular flexibility index (Phi) is 4.34. The van der Waals surface area contributed by atoms with E-state index in [0.717, 1.165) is 26.2 Å². The summed E-state index contributed by atoms with van der Waals surface area (Å²) in [4.78, 5) is 2.31. The Morgan fingerprint density at radius 1 is 1.25 bits per heavy atom.